The number of amides is 1. The molecule has 0 aromatic heterocycles. The van der Waals surface area contributed by atoms with Crippen molar-refractivity contribution >= 4 is 17.5 Å². The molecule has 0 fully saturated rings. The van der Waals surface area contributed by atoms with Crippen molar-refractivity contribution in [2.75, 3.05) is 6.61 Å². The highest BCUT2D eigenvalue weighted by atomic mass is 35.5. The first-order chi connectivity index (χ1) is 10.0. The molecule has 0 bridgehead atoms. The Balaban J connectivity index is 1.85. The van der Waals surface area contributed by atoms with Crippen LogP contribution in [0.2, 0.25) is 5.02 Å². The molecule has 3 nitrogen and oxygen atoms in total. The van der Waals surface area contributed by atoms with Crippen LogP contribution in [0.4, 0.5) is 0 Å². The van der Waals surface area contributed by atoms with Crippen LogP contribution in [0.3, 0.4) is 0 Å². The molecule has 2 aromatic carbocycles. The third kappa shape index (κ3) is 4.80. The van der Waals surface area contributed by atoms with Crippen molar-refractivity contribution in [3.8, 4) is 5.75 Å². The summed E-state index contributed by atoms with van der Waals surface area (Å²) in [5, 5.41) is 3.57. The number of hydrogen-bond acceptors (Lipinski definition) is 2. The van der Waals surface area contributed by atoms with E-state index in [4.69, 9.17) is 16.3 Å². The SMILES string of the molecule is Cc1cccc(OCC(=O)NC(C)c2ccc(Cl)cc2)c1. The van der Waals surface area contributed by atoms with Crippen LogP contribution in [0.1, 0.15) is 24.1 Å². The Morgan fingerprint density at radius 3 is 2.62 bits per heavy atom. The van der Waals surface area contributed by atoms with Gasteiger partial charge in [0.2, 0.25) is 0 Å². The van der Waals surface area contributed by atoms with Crippen molar-refractivity contribution in [2.24, 2.45) is 0 Å². The number of carbonyl (C=O) groups excluding carboxylic acids is 1. The molecule has 1 atom stereocenters. The van der Waals surface area contributed by atoms with Gasteiger partial charge in [0, 0.05) is 5.02 Å². The lowest BCUT2D eigenvalue weighted by atomic mass is 10.1. The van der Waals surface area contributed by atoms with E-state index in [9.17, 15) is 4.79 Å². The number of benzene rings is 2. The van der Waals surface area contributed by atoms with Gasteiger partial charge in [-0.05, 0) is 49.2 Å². The van der Waals surface area contributed by atoms with Gasteiger partial charge in [-0.3, -0.25) is 4.79 Å². The molecule has 1 unspecified atom stereocenters. The number of aryl methyl sites for hydroxylation is 1. The first-order valence-electron chi connectivity index (χ1n) is 6.79. The predicted molar refractivity (Wildman–Crippen MR) is 84.7 cm³/mol. The first-order valence-corrected chi connectivity index (χ1v) is 7.16. The Morgan fingerprint density at radius 1 is 1.24 bits per heavy atom. The van der Waals surface area contributed by atoms with Crippen LogP contribution in [-0.2, 0) is 4.79 Å². The van der Waals surface area contributed by atoms with Crippen molar-refractivity contribution in [2.45, 2.75) is 19.9 Å². The summed E-state index contributed by atoms with van der Waals surface area (Å²) >= 11 is 5.85. The third-order valence-electron chi connectivity index (χ3n) is 3.11. The molecular weight excluding hydrogens is 286 g/mol. The molecule has 0 radical (unpaired) electrons. The summed E-state index contributed by atoms with van der Waals surface area (Å²) < 4.78 is 5.47. The molecule has 1 amide bonds. The van der Waals surface area contributed by atoms with Crippen molar-refractivity contribution in [1.29, 1.82) is 0 Å². The van der Waals surface area contributed by atoms with Crippen molar-refractivity contribution < 1.29 is 9.53 Å². The number of carbonyl (C=O) groups is 1. The van der Waals surface area contributed by atoms with E-state index in [0.29, 0.717) is 10.8 Å². The zero-order chi connectivity index (χ0) is 15.2. The second kappa shape index (κ2) is 7.14. The fourth-order valence-corrected chi connectivity index (χ4v) is 2.10. The van der Waals surface area contributed by atoms with E-state index >= 15 is 0 Å². The maximum Gasteiger partial charge on any atom is 0.258 e. The molecule has 0 spiro atoms. The minimum atomic E-state index is -0.154. The lowest BCUT2D eigenvalue weighted by Gasteiger charge is -2.15. The molecule has 4 heteroatoms. The number of hydrogen-bond donors (Lipinski definition) is 1. The van der Waals surface area contributed by atoms with Crippen molar-refractivity contribution in [3.05, 3.63) is 64.7 Å². The van der Waals surface area contributed by atoms with Crippen LogP contribution in [-0.4, -0.2) is 12.5 Å². The van der Waals surface area contributed by atoms with Gasteiger partial charge in [-0.15, -0.1) is 0 Å². The van der Waals surface area contributed by atoms with Crippen LogP contribution >= 0.6 is 11.6 Å². The summed E-state index contributed by atoms with van der Waals surface area (Å²) in [6.07, 6.45) is 0. The third-order valence-corrected chi connectivity index (χ3v) is 3.36. The van der Waals surface area contributed by atoms with E-state index in [1.165, 1.54) is 0 Å². The van der Waals surface area contributed by atoms with Gasteiger partial charge >= 0.3 is 0 Å². The van der Waals surface area contributed by atoms with E-state index in [-0.39, 0.29) is 18.6 Å². The van der Waals surface area contributed by atoms with Crippen LogP contribution < -0.4 is 10.1 Å². The normalized spacial score (nSPS) is 11.8. The summed E-state index contributed by atoms with van der Waals surface area (Å²) in [6, 6.07) is 14.9. The van der Waals surface area contributed by atoms with Gasteiger partial charge in [-0.25, -0.2) is 0 Å². The first kappa shape index (κ1) is 15.4. The van der Waals surface area contributed by atoms with Crippen LogP contribution in [0, 0.1) is 6.92 Å². The number of nitrogens with one attached hydrogen (secondary N) is 1. The zero-order valence-electron chi connectivity index (χ0n) is 12.1. The lowest BCUT2D eigenvalue weighted by molar-refractivity contribution is -0.123. The highest BCUT2D eigenvalue weighted by Crippen LogP contribution is 2.16. The number of ether oxygens (including phenoxy) is 1. The lowest BCUT2D eigenvalue weighted by Crippen LogP contribution is -2.31. The van der Waals surface area contributed by atoms with E-state index in [2.05, 4.69) is 5.32 Å². The van der Waals surface area contributed by atoms with Crippen LogP contribution in [0.15, 0.2) is 48.5 Å². The average molecular weight is 304 g/mol. The van der Waals surface area contributed by atoms with E-state index in [0.717, 1.165) is 11.1 Å². The largest absolute Gasteiger partial charge is 0.484 e. The average Bonchev–Trinajstić information content (AvgIpc) is 2.46. The second-order valence-corrected chi connectivity index (χ2v) is 5.38. The molecule has 2 rings (SSSR count). The minimum absolute atomic E-state index is 0.00137. The van der Waals surface area contributed by atoms with Gasteiger partial charge in [0.05, 0.1) is 6.04 Å². The van der Waals surface area contributed by atoms with Gasteiger partial charge in [-0.2, -0.15) is 0 Å². The summed E-state index contributed by atoms with van der Waals surface area (Å²) in [5.74, 6) is 0.545. The van der Waals surface area contributed by atoms with Gasteiger partial charge in [0.1, 0.15) is 5.75 Å². The zero-order valence-corrected chi connectivity index (χ0v) is 12.9. The quantitative estimate of drug-likeness (QED) is 0.909. The molecule has 0 aliphatic rings. The Labute approximate surface area is 129 Å². The molecule has 0 aliphatic carbocycles. The van der Waals surface area contributed by atoms with E-state index in [1.54, 1.807) is 0 Å². The molecule has 1 N–H and O–H groups in total. The maximum absolute atomic E-state index is 11.9. The Kier molecular flexibility index (Phi) is 5.23. The fraction of sp³-hybridized carbons (Fsp3) is 0.235. The Bertz CT molecular complexity index is 610. The Hall–Kier alpha value is -2.00. The molecule has 0 saturated carbocycles. The summed E-state index contributed by atoms with van der Waals surface area (Å²) in [5.41, 5.74) is 2.10. The van der Waals surface area contributed by atoms with Crippen LogP contribution in [0.25, 0.3) is 0 Å². The molecule has 2 aromatic rings. The molecule has 21 heavy (non-hydrogen) atoms. The second-order valence-electron chi connectivity index (χ2n) is 4.95. The van der Waals surface area contributed by atoms with E-state index < -0.39 is 0 Å². The van der Waals surface area contributed by atoms with Gasteiger partial charge in [0.25, 0.3) is 5.91 Å². The summed E-state index contributed by atoms with van der Waals surface area (Å²) in [6.45, 7) is 3.91. The minimum Gasteiger partial charge on any atom is -0.484 e. The highest BCUT2D eigenvalue weighted by Gasteiger charge is 2.10. The van der Waals surface area contributed by atoms with Crippen molar-refractivity contribution in [3.63, 3.8) is 0 Å². The molecule has 0 aliphatic heterocycles. The maximum atomic E-state index is 11.9. The van der Waals surface area contributed by atoms with Gasteiger partial charge in [-0.1, -0.05) is 35.9 Å². The summed E-state index contributed by atoms with van der Waals surface area (Å²) in [4.78, 5) is 11.9. The number of halogens is 1. The molecule has 0 saturated heterocycles. The predicted octanol–water partition coefficient (Wildman–Crippen LogP) is 3.90. The Morgan fingerprint density at radius 2 is 1.95 bits per heavy atom. The molecular formula is C17H18ClNO2. The fourth-order valence-electron chi connectivity index (χ4n) is 1.97. The van der Waals surface area contributed by atoms with Gasteiger partial charge in [0.15, 0.2) is 6.61 Å². The highest BCUT2D eigenvalue weighted by molar-refractivity contribution is 6.30. The smallest absolute Gasteiger partial charge is 0.258 e. The van der Waals surface area contributed by atoms with E-state index in [1.807, 2.05) is 62.4 Å². The summed E-state index contributed by atoms with van der Waals surface area (Å²) in [7, 11) is 0. The monoisotopic (exact) mass is 303 g/mol. The molecule has 0 heterocycles. The standard InChI is InChI=1S/C17H18ClNO2/c1-12-4-3-5-16(10-12)21-11-17(20)19-13(2)14-6-8-15(18)9-7-14/h3-10,13H,11H2,1-2H3,(H,19,20). The molecule has 110 valence electrons. The van der Waals surface area contributed by atoms with Gasteiger partial charge < -0.3 is 10.1 Å². The van der Waals surface area contributed by atoms with Crippen molar-refractivity contribution in [1.82, 2.24) is 5.32 Å². The topological polar surface area (TPSA) is 38.3 Å². The number of rotatable bonds is 5. The van der Waals surface area contributed by atoms with Crippen LogP contribution in [0.5, 0.6) is 5.75 Å².